The van der Waals surface area contributed by atoms with E-state index in [1.165, 1.54) is 0 Å². The second-order valence-corrected chi connectivity index (χ2v) is 5.39. The summed E-state index contributed by atoms with van der Waals surface area (Å²) in [6.45, 7) is 6.57. The lowest BCUT2D eigenvalue weighted by atomic mass is 10.1. The Morgan fingerprint density at radius 1 is 1.30 bits per heavy atom. The first kappa shape index (κ1) is 14.7. The third-order valence-electron chi connectivity index (χ3n) is 3.85. The zero-order valence-corrected chi connectivity index (χ0v) is 12.4. The number of carbonyl (C=O) groups is 1. The molecule has 110 valence electrons. The Morgan fingerprint density at radius 2 is 1.95 bits per heavy atom. The molecular weight excluding hydrogens is 254 g/mol. The number of nitrogens with zero attached hydrogens (tertiary/aromatic N) is 2. The highest BCUT2D eigenvalue weighted by molar-refractivity contribution is 5.81. The average molecular weight is 277 g/mol. The molecule has 1 amide bonds. The van der Waals surface area contributed by atoms with Gasteiger partial charge < -0.3 is 15.4 Å². The highest BCUT2D eigenvalue weighted by Crippen LogP contribution is 2.23. The van der Waals surface area contributed by atoms with E-state index in [-0.39, 0.29) is 11.9 Å². The van der Waals surface area contributed by atoms with Crippen LogP contribution < -0.4 is 15.4 Å². The molecule has 5 heteroatoms. The number of primary amides is 1. The van der Waals surface area contributed by atoms with Crippen molar-refractivity contribution < 1.29 is 9.53 Å². The summed E-state index contributed by atoms with van der Waals surface area (Å²) in [6.07, 6.45) is 0. The zero-order valence-electron chi connectivity index (χ0n) is 12.4. The molecule has 1 atom stereocenters. The topological polar surface area (TPSA) is 58.8 Å². The number of ether oxygens (including phenoxy) is 1. The van der Waals surface area contributed by atoms with Crippen molar-refractivity contribution in [2.75, 3.05) is 31.6 Å². The standard InChI is InChI=1S/C15H23N3O2/c1-11(2)18-9-8-17(10-14(18)15(16)19)12-4-6-13(20-3)7-5-12/h4-7,11,14H,8-10H2,1-3H3,(H2,16,19). The number of carbonyl (C=O) groups excluding carboxylic acids is 1. The fourth-order valence-electron chi connectivity index (χ4n) is 2.70. The van der Waals surface area contributed by atoms with Gasteiger partial charge >= 0.3 is 0 Å². The number of methoxy groups -OCH3 is 1. The van der Waals surface area contributed by atoms with Crippen molar-refractivity contribution in [3.8, 4) is 5.75 Å². The van der Waals surface area contributed by atoms with Crippen LogP contribution in [0.5, 0.6) is 5.75 Å². The smallest absolute Gasteiger partial charge is 0.236 e. The largest absolute Gasteiger partial charge is 0.497 e. The molecule has 2 N–H and O–H groups in total. The van der Waals surface area contributed by atoms with Gasteiger partial charge in [0.2, 0.25) is 5.91 Å². The molecule has 1 fully saturated rings. The van der Waals surface area contributed by atoms with Crippen molar-refractivity contribution in [1.82, 2.24) is 4.90 Å². The molecule has 20 heavy (non-hydrogen) atoms. The minimum atomic E-state index is -0.253. The molecule has 1 aliphatic heterocycles. The Hall–Kier alpha value is -1.75. The second kappa shape index (κ2) is 6.13. The molecule has 0 radical (unpaired) electrons. The Morgan fingerprint density at radius 3 is 2.45 bits per heavy atom. The Kier molecular flexibility index (Phi) is 4.49. The van der Waals surface area contributed by atoms with Crippen molar-refractivity contribution in [3.63, 3.8) is 0 Å². The van der Waals surface area contributed by atoms with Crippen LogP contribution in [-0.4, -0.2) is 49.6 Å². The van der Waals surface area contributed by atoms with Crippen LogP contribution in [-0.2, 0) is 4.79 Å². The van der Waals surface area contributed by atoms with Gasteiger partial charge in [-0.2, -0.15) is 0 Å². The predicted molar refractivity (Wildman–Crippen MR) is 80.0 cm³/mol. The van der Waals surface area contributed by atoms with Gasteiger partial charge in [-0.05, 0) is 38.1 Å². The zero-order chi connectivity index (χ0) is 14.7. The van der Waals surface area contributed by atoms with Gasteiger partial charge in [0.15, 0.2) is 0 Å². The number of nitrogens with two attached hydrogens (primary N) is 1. The van der Waals surface area contributed by atoms with Crippen LogP contribution in [0.2, 0.25) is 0 Å². The first-order valence-electron chi connectivity index (χ1n) is 6.97. The van der Waals surface area contributed by atoms with Gasteiger partial charge in [-0.1, -0.05) is 0 Å². The molecule has 1 aromatic carbocycles. The quantitative estimate of drug-likeness (QED) is 0.894. The van der Waals surface area contributed by atoms with Crippen molar-refractivity contribution in [3.05, 3.63) is 24.3 Å². The van der Waals surface area contributed by atoms with Gasteiger partial charge in [-0.3, -0.25) is 9.69 Å². The van der Waals surface area contributed by atoms with Crippen LogP contribution in [0.4, 0.5) is 5.69 Å². The highest BCUT2D eigenvalue weighted by Gasteiger charge is 2.32. The Bertz CT molecular complexity index is 459. The summed E-state index contributed by atoms with van der Waals surface area (Å²) in [6, 6.07) is 7.99. The van der Waals surface area contributed by atoms with Crippen molar-refractivity contribution >= 4 is 11.6 Å². The summed E-state index contributed by atoms with van der Waals surface area (Å²) in [7, 11) is 1.65. The summed E-state index contributed by atoms with van der Waals surface area (Å²) in [4.78, 5) is 16.1. The minimum Gasteiger partial charge on any atom is -0.497 e. The molecule has 0 saturated carbocycles. The predicted octanol–water partition coefficient (Wildman–Crippen LogP) is 1.08. The lowest BCUT2D eigenvalue weighted by Gasteiger charge is -2.43. The van der Waals surface area contributed by atoms with Gasteiger partial charge in [-0.15, -0.1) is 0 Å². The van der Waals surface area contributed by atoms with Gasteiger partial charge in [0.05, 0.1) is 7.11 Å². The number of amides is 1. The van der Waals surface area contributed by atoms with Crippen molar-refractivity contribution in [2.45, 2.75) is 25.9 Å². The molecule has 1 saturated heterocycles. The third kappa shape index (κ3) is 3.04. The van der Waals surface area contributed by atoms with E-state index in [4.69, 9.17) is 10.5 Å². The average Bonchev–Trinajstić information content (AvgIpc) is 2.46. The van der Waals surface area contributed by atoms with Gasteiger partial charge in [0, 0.05) is 31.4 Å². The first-order chi connectivity index (χ1) is 9.52. The van der Waals surface area contributed by atoms with Crippen LogP contribution in [0.1, 0.15) is 13.8 Å². The van der Waals surface area contributed by atoms with Gasteiger partial charge in [-0.25, -0.2) is 0 Å². The van der Waals surface area contributed by atoms with E-state index in [9.17, 15) is 4.79 Å². The molecule has 1 unspecified atom stereocenters. The van der Waals surface area contributed by atoms with Crippen LogP contribution in [0.3, 0.4) is 0 Å². The molecule has 0 aliphatic carbocycles. The van der Waals surface area contributed by atoms with E-state index in [2.05, 4.69) is 23.6 Å². The van der Waals surface area contributed by atoms with E-state index in [0.717, 1.165) is 24.5 Å². The molecule has 0 bridgehead atoms. The van der Waals surface area contributed by atoms with Crippen LogP contribution in [0.25, 0.3) is 0 Å². The van der Waals surface area contributed by atoms with E-state index >= 15 is 0 Å². The molecule has 1 heterocycles. The number of rotatable bonds is 4. The number of piperazine rings is 1. The fourth-order valence-corrected chi connectivity index (χ4v) is 2.70. The third-order valence-corrected chi connectivity index (χ3v) is 3.85. The van der Waals surface area contributed by atoms with Crippen molar-refractivity contribution in [1.29, 1.82) is 0 Å². The van der Waals surface area contributed by atoms with E-state index in [1.54, 1.807) is 7.11 Å². The van der Waals surface area contributed by atoms with E-state index < -0.39 is 0 Å². The maximum Gasteiger partial charge on any atom is 0.236 e. The molecular formula is C15H23N3O2. The monoisotopic (exact) mass is 277 g/mol. The highest BCUT2D eigenvalue weighted by atomic mass is 16.5. The fraction of sp³-hybridized carbons (Fsp3) is 0.533. The molecule has 0 aromatic heterocycles. The van der Waals surface area contributed by atoms with Gasteiger partial charge in [0.25, 0.3) is 0 Å². The summed E-state index contributed by atoms with van der Waals surface area (Å²) in [5.41, 5.74) is 6.65. The lowest BCUT2D eigenvalue weighted by Crippen LogP contribution is -2.60. The van der Waals surface area contributed by atoms with Crippen LogP contribution in [0, 0.1) is 0 Å². The molecule has 2 rings (SSSR count). The molecule has 0 spiro atoms. The normalized spacial score (nSPS) is 20.2. The van der Waals surface area contributed by atoms with Crippen LogP contribution >= 0.6 is 0 Å². The summed E-state index contributed by atoms with van der Waals surface area (Å²) in [5, 5.41) is 0. The Balaban J connectivity index is 2.13. The van der Waals surface area contributed by atoms with E-state index in [0.29, 0.717) is 12.6 Å². The number of hydrogen-bond acceptors (Lipinski definition) is 4. The number of anilines is 1. The van der Waals surface area contributed by atoms with E-state index in [1.807, 2.05) is 24.3 Å². The molecule has 1 aromatic rings. The lowest BCUT2D eigenvalue weighted by molar-refractivity contribution is -0.124. The SMILES string of the molecule is COc1ccc(N2CCN(C(C)C)C(C(N)=O)C2)cc1. The molecule has 5 nitrogen and oxygen atoms in total. The maximum atomic E-state index is 11.7. The van der Waals surface area contributed by atoms with Crippen LogP contribution in [0.15, 0.2) is 24.3 Å². The minimum absolute atomic E-state index is 0.231. The Labute approximate surface area is 120 Å². The van der Waals surface area contributed by atoms with Crippen molar-refractivity contribution in [2.24, 2.45) is 5.73 Å². The summed E-state index contributed by atoms with van der Waals surface area (Å²) in [5.74, 6) is 0.581. The summed E-state index contributed by atoms with van der Waals surface area (Å²) >= 11 is 0. The number of hydrogen-bond donors (Lipinski definition) is 1. The first-order valence-corrected chi connectivity index (χ1v) is 6.97. The number of benzene rings is 1. The van der Waals surface area contributed by atoms with Gasteiger partial charge in [0.1, 0.15) is 11.8 Å². The maximum absolute atomic E-state index is 11.7. The second-order valence-electron chi connectivity index (χ2n) is 5.39. The summed E-state index contributed by atoms with van der Waals surface area (Å²) < 4.78 is 5.16. The molecule has 1 aliphatic rings.